The number of carbonyl (C=O) groups is 1. The van der Waals surface area contributed by atoms with Gasteiger partial charge >= 0.3 is 5.97 Å². The number of ether oxygens (including phenoxy) is 1. The Balaban J connectivity index is 1.91. The molecule has 0 radical (unpaired) electrons. The minimum absolute atomic E-state index is 0.267. The number of thiazole rings is 1. The third-order valence-corrected chi connectivity index (χ3v) is 3.79. The largest absolute Gasteiger partial charge is 0.462 e. The van der Waals surface area contributed by atoms with Crippen LogP contribution in [-0.4, -0.2) is 17.6 Å². The molecule has 0 atom stereocenters. The summed E-state index contributed by atoms with van der Waals surface area (Å²) >= 11 is 1.64. The number of nitrogens with zero attached hydrogens (tertiary/aromatic N) is 1. The van der Waals surface area contributed by atoms with Crippen LogP contribution < -0.4 is 5.32 Å². The van der Waals surface area contributed by atoms with Crippen molar-refractivity contribution in [2.75, 3.05) is 11.9 Å². The van der Waals surface area contributed by atoms with E-state index >= 15 is 0 Å². The van der Waals surface area contributed by atoms with Crippen molar-refractivity contribution in [3.8, 4) is 0 Å². The van der Waals surface area contributed by atoms with E-state index in [1.807, 2.05) is 31.5 Å². The molecule has 0 spiro atoms. The Morgan fingerprint density at radius 1 is 1.35 bits per heavy atom. The van der Waals surface area contributed by atoms with Crippen LogP contribution >= 0.6 is 11.3 Å². The highest BCUT2D eigenvalue weighted by Crippen LogP contribution is 2.16. The summed E-state index contributed by atoms with van der Waals surface area (Å²) in [7, 11) is 0. The van der Waals surface area contributed by atoms with Gasteiger partial charge in [-0.05, 0) is 37.6 Å². The Morgan fingerprint density at radius 3 is 2.70 bits per heavy atom. The zero-order valence-corrected chi connectivity index (χ0v) is 12.5. The van der Waals surface area contributed by atoms with E-state index in [1.54, 1.807) is 23.5 Å². The molecule has 0 aliphatic carbocycles. The number of nitrogens with one attached hydrogen (secondary N) is 1. The molecule has 0 saturated carbocycles. The van der Waals surface area contributed by atoms with Crippen molar-refractivity contribution in [3.05, 3.63) is 45.9 Å². The standard InChI is InChI=1S/C15H18N2O2S/c1-3-8-19-15(18)12-4-6-13(7-5-12)16-9-14-11(2)17-10-20-14/h4-7,10,16H,3,8-9H2,1-2H3. The molecule has 5 heteroatoms. The zero-order chi connectivity index (χ0) is 14.4. The van der Waals surface area contributed by atoms with Crippen molar-refractivity contribution in [1.82, 2.24) is 4.98 Å². The predicted octanol–water partition coefficient (Wildman–Crippen LogP) is 3.63. The molecule has 0 aliphatic rings. The van der Waals surface area contributed by atoms with Crippen molar-refractivity contribution >= 4 is 23.0 Å². The molecule has 1 N–H and O–H groups in total. The van der Waals surface area contributed by atoms with Gasteiger partial charge in [-0.2, -0.15) is 0 Å². The minimum Gasteiger partial charge on any atom is -0.462 e. The Kier molecular flexibility index (Phi) is 5.12. The number of rotatable bonds is 6. The summed E-state index contributed by atoms with van der Waals surface area (Å²) in [6.45, 7) is 5.18. The van der Waals surface area contributed by atoms with Gasteiger partial charge in [0.2, 0.25) is 0 Å². The Bertz CT molecular complexity index is 564. The van der Waals surface area contributed by atoms with Gasteiger partial charge in [-0.3, -0.25) is 0 Å². The summed E-state index contributed by atoms with van der Waals surface area (Å²) in [5, 5.41) is 3.32. The van der Waals surface area contributed by atoms with E-state index < -0.39 is 0 Å². The van der Waals surface area contributed by atoms with E-state index in [1.165, 1.54) is 4.88 Å². The third kappa shape index (κ3) is 3.81. The topological polar surface area (TPSA) is 51.2 Å². The minimum atomic E-state index is -0.267. The molecule has 0 unspecified atom stereocenters. The molecule has 4 nitrogen and oxygen atoms in total. The highest BCUT2D eigenvalue weighted by Gasteiger charge is 2.06. The van der Waals surface area contributed by atoms with E-state index in [0.717, 1.165) is 24.3 Å². The molecule has 1 aromatic heterocycles. The molecular weight excluding hydrogens is 272 g/mol. The van der Waals surface area contributed by atoms with Gasteiger partial charge in [0.15, 0.2) is 0 Å². The van der Waals surface area contributed by atoms with Crippen molar-refractivity contribution in [2.24, 2.45) is 0 Å². The van der Waals surface area contributed by atoms with Crippen LogP contribution in [0.15, 0.2) is 29.8 Å². The number of benzene rings is 1. The number of esters is 1. The fourth-order valence-corrected chi connectivity index (χ4v) is 2.40. The quantitative estimate of drug-likeness (QED) is 0.825. The van der Waals surface area contributed by atoms with Crippen LogP contribution in [-0.2, 0) is 11.3 Å². The van der Waals surface area contributed by atoms with Gasteiger partial charge in [0.05, 0.1) is 29.9 Å². The SMILES string of the molecule is CCCOC(=O)c1ccc(NCc2scnc2C)cc1. The van der Waals surface area contributed by atoms with Crippen LogP contribution in [0.4, 0.5) is 5.69 Å². The van der Waals surface area contributed by atoms with Crippen LogP contribution in [0.1, 0.15) is 34.3 Å². The van der Waals surface area contributed by atoms with Crippen molar-refractivity contribution in [2.45, 2.75) is 26.8 Å². The first kappa shape index (κ1) is 14.5. The van der Waals surface area contributed by atoms with Crippen molar-refractivity contribution in [3.63, 3.8) is 0 Å². The molecule has 106 valence electrons. The number of hydrogen-bond donors (Lipinski definition) is 1. The van der Waals surface area contributed by atoms with Crippen LogP contribution in [0.25, 0.3) is 0 Å². The molecule has 1 heterocycles. The maximum Gasteiger partial charge on any atom is 0.338 e. The van der Waals surface area contributed by atoms with Gasteiger partial charge in [-0.25, -0.2) is 9.78 Å². The summed E-state index contributed by atoms with van der Waals surface area (Å²) in [5.41, 5.74) is 4.46. The first-order chi connectivity index (χ1) is 9.70. The molecular formula is C15H18N2O2S. The summed E-state index contributed by atoms with van der Waals surface area (Å²) in [6.07, 6.45) is 0.833. The smallest absolute Gasteiger partial charge is 0.338 e. The summed E-state index contributed by atoms with van der Waals surface area (Å²) < 4.78 is 5.09. The second-order valence-corrected chi connectivity index (χ2v) is 5.37. The first-order valence-electron chi connectivity index (χ1n) is 6.60. The lowest BCUT2D eigenvalue weighted by Crippen LogP contribution is -2.06. The molecule has 2 aromatic rings. The summed E-state index contributed by atoms with van der Waals surface area (Å²) in [6, 6.07) is 7.33. The lowest BCUT2D eigenvalue weighted by molar-refractivity contribution is 0.0505. The molecule has 0 aliphatic heterocycles. The Labute approximate surface area is 122 Å². The molecule has 0 bridgehead atoms. The highest BCUT2D eigenvalue weighted by molar-refractivity contribution is 7.09. The number of anilines is 1. The highest BCUT2D eigenvalue weighted by atomic mass is 32.1. The van der Waals surface area contributed by atoms with E-state index in [9.17, 15) is 4.79 Å². The molecule has 2 rings (SSSR count). The van der Waals surface area contributed by atoms with E-state index in [4.69, 9.17) is 4.74 Å². The van der Waals surface area contributed by atoms with Gasteiger partial charge in [0.25, 0.3) is 0 Å². The van der Waals surface area contributed by atoms with Gasteiger partial charge in [0, 0.05) is 10.6 Å². The molecule has 0 amide bonds. The fraction of sp³-hybridized carbons (Fsp3) is 0.333. The van der Waals surface area contributed by atoms with E-state index in [2.05, 4.69) is 10.3 Å². The average molecular weight is 290 g/mol. The van der Waals surface area contributed by atoms with Crippen LogP contribution in [0.5, 0.6) is 0 Å². The van der Waals surface area contributed by atoms with Gasteiger partial charge in [-0.1, -0.05) is 6.92 Å². The molecule has 20 heavy (non-hydrogen) atoms. The van der Waals surface area contributed by atoms with E-state index in [-0.39, 0.29) is 5.97 Å². The Morgan fingerprint density at radius 2 is 2.10 bits per heavy atom. The maximum atomic E-state index is 11.7. The summed E-state index contributed by atoms with van der Waals surface area (Å²) in [5.74, 6) is -0.267. The van der Waals surface area contributed by atoms with Crippen molar-refractivity contribution < 1.29 is 9.53 Å². The maximum absolute atomic E-state index is 11.7. The third-order valence-electron chi connectivity index (χ3n) is 2.86. The predicted molar refractivity (Wildman–Crippen MR) is 81.2 cm³/mol. The number of hydrogen-bond acceptors (Lipinski definition) is 5. The zero-order valence-electron chi connectivity index (χ0n) is 11.7. The summed E-state index contributed by atoms with van der Waals surface area (Å²) in [4.78, 5) is 17.1. The number of aryl methyl sites for hydroxylation is 1. The van der Waals surface area contributed by atoms with Crippen LogP contribution in [0.3, 0.4) is 0 Å². The molecule has 0 fully saturated rings. The first-order valence-corrected chi connectivity index (χ1v) is 7.48. The van der Waals surface area contributed by atoms with Crippen molar-refractivity contribution in [1.29, 1.82) is 0 Å². The van der Waals surface area contributed by atoms with Crippen LogP contribution in [0.2, 0.25) is 0 Å². The molecule has 1 aromatic carbocycles. The second-order valence-electron chi connectivity index (χ2n) is 4.43. The number of carbonyl (C=O) groups excluding carboxylic acids is 1. The molecule has 0 saturated heterocycles. The average Bonchev–Trinajstić information content (AvgIpc) is 2.88. The van der Waals surface area contributed by atoms with Gasteiger partial charge in [-0.15, -0.1) is 11.3 Å². The fourth-order valence-electron chi connectivity index (χ4n) is 1.68. The second kappa shape index (κ2) is 7.05. The van der Waals surface area contributed by atoms with Gasteiger partial charge in [0.1, 0.15) is 0 Å². The van der Waals surface area contributed by atoms with Crippen LogP contribution in [0, 0.1) is 6.92 Å². The van der Waals surface area contributed by atoms with E-state index in [0.29, 0.717) is 12.2 Å². The lowest BCUT2D eigenvalue weighted by atomic mass is 10.2. The number of aromatic nitrogens is 1. The normalized spacial score (nSPS) is 10.3. The Hall–Kier alpha value is -1.88. The monoisotopic (exact) mass is 290 g/mol. The van der Waals surface area contributed by atoms with Gasteiger partial charge < -0.3 is 10.1 Å². The lowest BCUT2D eigenvalue weighted by Gasteiger charge is -2.07.